The molecule has 8 heteroatoms. The van der Waals surface area contributed by atoms with E-state index in [1.165, 1.54) is 24.3 Å². The van der Waals surface area contributed by atoms with Crippen LogP contribution in [0.25, 0.3) is 0 Å². The molecule has 6 nitrogen and oxygen atoms in total. The van der Waals surface area contributed by atoms with Crippen LogP contribution >= 0.6 is 11.6 Å². The summed E-state index contributed by atoms with van der Waals surface area (Å²) in [4.78, 5) is 11.8. The molecule has 1 aromatic heterocycles. The average Bonchev–Trinajstić information content (AvgIpc) is 2.84. The molecule has 23 heavy (non-hydrogen) atoms. The van der Waals surface area contributed by atoms with Gasteiger partial charge in [0.1, 0.15) is 24.3 Å². The smallest absolute Gasteiger partial charge is 0.229 e. The fourth-order valence-electron chi connectivity index (χ4n) is 1.80. The third-order valence-electron chi connectivity index (χ3n) is 3.06. The molecule has 0 saturated carbocycles. The third kappa shape index (κ3) is 5.22. The number of ether oxygens (including phenoxy) is 1. The van der Waals surface area contributed by atoms with E-state index >= 15 is 0 Å². The predicted octanol–water partition coefficient (Wildman–Crippen LogP) is 1.87. The molecule has 1 heterocycles. The molecule has 0 saturated heterocycles. The van der Waals surface area contributed by atoms with Gasteiger partial charge in [-0.2, -0.15) is 0 Å². The summed E-state index contributed by atoms with van der Waals surface area (Å²) < 4.78 is 22.8. The number of nitrogens with zero attached hydrogens (tertiary/aromatic N) is 1. The van der Waals surface area contributed by atoms with Crippen molar-refractivity contribution in [3.63, 3.8) is 0 Å². The molecule has 2 N–H and O–H groups in total. The molecule has 1 amide bonds. The molecular weight excluding hydrogens is 327 g/mol. The van der Waals surface area contributed by atoms with Gasteiger partial charge in [-0.15, -0.1) is 0 Å². The number of carbonyl (C=O) groups excluding carboxylic acids is 1. The van der Waals surface area contributed by atoms with E-state index in [9.17, 15) is 14.3 Å². The Morgan fingerprint density at radius 2 is 2.17 bits per heavy atom. The molecule has 124 valence electrons. The maximum atomic E-state index is 12.7. The molecule has 1 unspecified atom stereocenters. The number of carbonyl (C=O) groups is 1. The van der Waals surface area contributed by atoms with Crippen molar-refractivity contribution >= 4 is 17.5 Å². The summed E-state index contributed by atoms with van der Waals surface area (Å²) in [6.07, 6.45) is -0.886. The molecule has 0 bridgehead atoms. The van der Waals surface area contributed by atoms with Crippen LogP contribution < -0.4 is 10.1 Å². The minimum atomic E-state index is -0.900. The van der Waals surface area contributed by atoms with Gasteiger partial charge in [0.15, 0.2) is 0 Å². The maximum absolute atomic E-state index is 12.7. The zero-order chi connectivity index (χ0) is 16.8. The summed E-state index contributed by atoms with van der Waals surface area (Å²) in [5.41, 5.74) is 1.06. The van der Waals surface area contributed by atoms with Crippen LogP contribution in [0.3, 0.4) is 0 Å². The highest BCUT2D eigenvalue weighted by Crippen LogP contribution is 2.19. The monoisotopic (exact) mass is 342 g/mol. The van der Waals surface area contributed by atoms with Crippen LogP contribution in [0.1, 0.15) is 11.3 Å². The van der Waals surface area contributed by atoms with E-state index in [-0.39, 0.29) is 36.5 Å². The molecule has 0 spiro atoms. The number of nitrogens with one attached hydrogen (secondary N) is 1. The summed E-state index contributed by atoms with van der Waals surface area (Å²) in [7, 11) is 0. The summed E-state index contributed by atoms with van der Waals surface area (Å²) in [6, 6.07) is 5.43. The molecule has 0 aliphatic heterocycles. The number of aliphatic hydroxyl groups excluding tert-OH is 1. The first-order valence-electron chi connectivity index (χ1n) is 6.89. The maximum Gasteiger partial charge on any atom is 0.229 e. The number of hydrogen-bond donors (Lipinski definition) is 2. The fraction of sp³-hybridized carbons (Fsp3) is 0.333. The third-order valence-corrected chi connectivity index (χ3v) is 3.36. The van der Waals surface area contributed by atoms with Gasteiger partial charge in [0, 0.05) is 12.1 Å². The summed E-state index contributed by atoms with van der Waals surface area (Å²) >= 11 is 5.78. The second-order valence-electron chi connectivity index (χ2n) is 4.92. The van der Waals surface area contributed by atoms with Gasteiger partial charge < -0.3 is 19.7 Å². The first kappa shape index (κ1) is 17.2. The van der Waals surface area contributed by atoms with Gasteiger partial charge in [0.05, 0.1) is 12.1 Å². The minimum absolute atomic E-state index is 0.0136. The quantitative estimate of drug-likeness (QED) is 0.802. The average molecular weight is 343 g/mol. The van der Waals surface area contributed by atoms with Crippen LogP contribution in [-0.4, -0.2) is 35.4 Å². The number of aromatic nitrogens is 1. The largest absolute Gasteiger partial charge is 0.491 e. The van der Waals surface area contributed by atoms with Gasteiger partial charge in [0.2, 0.25) is 11.1 Å². The van der Waals surface area contributed by atoms with Crippen molar-refractivity contribution in [2.75, 3.05) is 13.2 Å². The zero-order valence-corrected chi connectivity index (χ0v) is 13.1. The highest BCUT2D eigenvalue weighted by molar-refractivity contribution is 6.29. The van der Waals surface area contributed by atoms with E-state index in [2.05, 4.69) is 10.5 Å². The van der Waals surface area contributed by atoms with Gasteiger partial charge >= 0.3 is 0 Å². The molecule has 1 aromatic carbocycles. The Kier molecular flexibility index (Phi) is 5.95. The van der Waals surface area contributed by atoms with E-state index in [1.54, 1.807) is 6.92 Å². The highest BCUT2D eigenvalue weighted by atomic mass is 35.5. The number of amides is 1. The van der Waals surface area contributed by atoms with Crippen molar-refractivity contribution in [2.45, 2.75) is 19.4 Å². The zero-order valence-electron chi connectivity index (χ0n) is 12.4. The first-order valence-corrected chi connectivity index (χ1v) is 7.27. The number of aliphatic hydroxyl groups is 1. The van der Waals surface area contributed by atoms with Crippen molar-refractivity contribution in [3.8, 4) is 5.75 Å². The number of rotatable bonds is 7. The molecule has 0 fully saturated rings. The van der Waals surface area contributed by atoms with Gasteiger partial charge in [-0.1, -0.05) is 5.16 Å². The minimum Gasteiger partial charge on any atom is -0.491 e. The lowest BCUT2D eigenvalue weighted by Crippen LogP contribution is -2.36. The molecule has 1 atom stereocenters. The van der Waals surface area contributed by atoms with E-state index < -0.39 is 6.10 Å². The van der Waals surface area contributed by atoms with Gasteiger partial charge in [-0.25, -0.2) is 4.39 Å². The molecular formula is C15H16ClFN2O4. The van der Waals surface area contributed by atoms with Crippen LogP contribution in [0, 0.1) is 12.7 Å². The summed E-state index contributed by atoms with van der Waals surface area (Å²) in [5.74, 6) is -0.254. The lowest BCUT2D eigenvalue weighted by Gasteiger charge is -2.13. The summed E-state index contributed by atoms with van der Waals surface area (Å²) in [5, 5.41) is 16.1. The Labute approximate surface area is 137 Å². The van der Waals surface area contributed by atoms with Crippen molar-refractivity contribution < 1.29 is 23.6 Å². The second-order valence-corrected chi connectivity index (χ2v) is 5.26. The normalized spacial score (nSPS) is 12.0. The van der Waals surface area contributed by atoms with Gasteiger partial charge in [-0.3, -0.25) is 4.79 Å². The van der Waals surface area contributed by atoms with E-state index in [0.717, 1.165) is 0 Å². The van der Waals surface area contributed by atoms with Crippen molar-refractivity contribution in [1.82, 2.24) is 10.5 Å². The van der Waals surface area contributed by atoms with Crippen LogP contribution in [0.5, 0.6) is 5.75 Å². The number of aryl methyl sites for hydroxylation is 1. The van der Waals surface area contributed by atoms with Crippen LogP contribution in [-0.2, 0) is 11.2 Å². The topological polar surface area (TPSA) is 84.6 Å². The van der Waals surface area contributed by atoms with Crippen molar-refractivity contribution in [2.24, 2.45) is 0 Å². The molecule has 2 aromatic rings. The number of hydrogen-bond acceptors (Lipinski definition) is 5. The Morgan fingerprint density at radius 3 is 2.78 bits per heavy atom. The van der Waals surface area contributed by atoms with Crippen molar-refractivity contribution in [3.05, 3.63) is 46.6 Å². The van der Waals surface area contributed by atoms with Gasteiger partial charge in [-0.05, 0) is 42.8 Å². The lowest BCUT2D eigenvalue weighted by molar-refractivity contribution is -0.121. The SMILES string of the molecule is Cc1noc(Cl)c1CC(=O)NCC(O)COc1ccc(F)cc1. The first-order chi connectivity index (χ1) is 11.0. The molecule has 0 radical (unpaired) electrons. The fourth-order valence-corrected chi connectivity index (χ4v) is 2.03. The Balaban J connectivity index is 1.72. The molecule has 0 aliphatic carbocycles. The standard InChI is InChI=1S/C15H16ClFN2O4/c1-9-13(15(16)23-19-9)6-14(21)18-7-11(20)8-22-12-4-2-10(17)3-5-12/h2-5,11,20H,6-8H2,1H3,(H,18,21). The van der Waals surface area contributed by atoms with Crippen molar-refractivity contribution in [1.29, 1.82) is 0 Å². The Hall–Kier alpha value is -2.12. The number of benzene rings is 1. The Morgan fingerprint density at radius 1 is 1.48 bits per heavy atom. The van der Waals surface area contributed by atoms with Crippen LogP contribution in [0.2, 0.25) is 5.22 Å². The summed E-state index contributed by atoms with van der Waals surface area (Å²) in [6.45, 7) is 1.67. The lowest BCUT2D eigenvalue weighted by atomic mass is 10.2. The molecule has 2 rings (SSSR count). The van der Waals surface area contributed by atoms with E-state index in [0.29, 0.717) is 17.0 Å². The highest BCUT2D eigenvalue weighted by Gasteiger charge is 2.15. The number of halogens is 2. The van der Waals surface area contributed by atoms with E-state index in [4.69, 9.17) is 20.9 Å². The predicted molar refractivity (Wildman–Crippen MR) is 80.9 cm³/mol. The Bertz CT molecular complexity index is 640. The second kappa shape index (κ2) is 7.94. The van der Waals surface area contributed by atoms with E-state index in [1.807, 2.05) is 0 Å². The molecule has 0 aliphatic rings. The van der Waals surface area contributed by atoms with Gasteiger partial charge in [0.25, 0.3) is 0 Å². The van der Waals surface area contributed by atoms with Crippen LogP contribution in [0.4, 0.5) is 4.39 Å². The van der Waals surface area contributed by atoms with Crippen LogP contribution in [0.15, 0.2) is 28.8 Å².